The molecule has 0 aliphatic rings. The van der Waals surface area contributed by atoms with Crippen LogP contribution in [0.1, 0.15) is 24.6 Å². The second-order valence-corrected chi connectivity index (χ2v) is 5.16. The van der Waals surface area contributed by atoms with Crippen LogP contribution in [-0.4, -0.2) is 10.6 Å². The third-order valence-electron chi connectivity index (χ3n) is 3.26. The average Bonchev–Trinajstić information content (AvgIpc) is 2.81. The molecule has 2 rings (SSSR count). The van der Waals surface area contributed by atoms with Crippen molar-refractivity contribution >= 4 is 11.6 Å². The maximum absolute atomic E-state index is 13.1. The molecule has 1 heterocycles. The van der Waals surface area contributed by atoms with E-state index in [2.05, 4.69) is 17.6 Å². The summed E-state index contributed by atoms with van der Waals surface area (Å²) in [5.41, 5.74) is 8.16. The topological polar surface area (TPSA) is 30.9 Å². The number of nitrogens with two attached hydrogens (primary N) is 1. The summed E-state index contributed by atoms with van der Waals surface area (Å²) in [5.74, 6) is -0.383. The molecule has 19 heavy (non-hydrogen) atoms. The number of aromatic nitrogens is 1. The van der Waals surface area contributed by atoms with Crippen LogP contribution in [0, 0.1) is 5.82 Å². The van der Waals surface area contributed by atoms with Crippen LogP contribution >= 0.6 is 11.6 Å². The molecular formula is C15H18ClFN2. The Labute approximate surface area is 118 Å². The Morgan fingerprint density at radius 2 is 2.16 bits per heavy atom. The van der Waals surface area contributed by atoms with Crippen LogP contribution < -0.4 is 5.73 Å². The van der Waals surface area contributed by atoms with Gasteiger partial charge in [-0.1, -0.05) is 24.6 Å². The lowest BCUT2D eigenvalue weighted by atomic mass is 10.1. The first-order valence-electron chi connectivity index (χ1n) is 6.43. The highest BCUT2D eigenvalue weighted by Crippen LogP contribution is 2.18. The van der Waals surface area contributed by atoms with Gasteiger partial charge >= 0.3 is 0 Å². The molecule has 0 aliphatic carbocycles. The fourth-order valence-corrected chi connectivity index (χ4v) is 2.24. The van der Waals surface area contributed by atoms with Crippen molar-refractivity contribution in [3.05, 3.63) is 58.6 Å². The summed E-state index contributed by atoms with van der Waals surface area (Å²) in [6.45, 7) is 2.76. The van der Waals surface area contributed by atoms with Crippen LogP contribution in [-0.2, 0) is 13.0 Å². The van der Waals surface area contributed by atoms with Crippen LogP contribution in [0.3, 0.4) is 0 Å². The van der Waals surface area contributed by atoms with Crippen molar-refractivity contribution in [2.45, 2.75) is 32.4 Å². The molecule has 1 aromatic heterocycles. The number of rotatable bonds is 5. The van der Waals surface area contributed by atoms with E-state index in [1.165, 1.54) is 11.8 Å². The summed E-state index contributed by atoms with van der Waals surface area (Å²) in [6, 6.07) is 9.07. The molecule has 2 aromatic rings. The lowest BCUT2D eigenvalue weighted by molar-refractivity contribution is 0.608. The predicted octanol–water partition coefficient (Wildman–Crippen LogP) is 3.61. The van der Waals surface area contributed by atoms with Gasteiger partial charge in [0.05, 0.1) is 5.02 Å². The molecule has 1 unspecified atom stereocenters. The van der Waals surface area contributed by atoms with Crippen LogP contribution in [0.25, 0.3) is 0 Å². The molecule has 2 nitrogen and oxygen atoms in total. The lowest BCUT2D eigenvalue weighted by Gasteiger charge is -2.13. The minimum atomic E-state index is -0.383. The van der Waals surface area contributed by atoms with Crippen LogP contribution in [0.15, 0.2) is 36.5 Å². The lowest BCUT2D eigenvalue weighted by Crippen LogP contribution is -2.23. The maximum Gasteiger partial charge on any atom is 0.141 e. The quantitative estimate of drug-likeness (QED) is 0.891. The summed E-state index contributed by atoms with van der Waals surface area (Å²) in [4.78, 5) is 0. The Balaban J connectivity index is 2.14. The monoisotopic (exact) mass is 280 g/mol. The van der Waals surface area contributed by atoms with Gasteiger partial charge < -0.3 is 10.3 Å². The van der Waals surface area contributed by atoms with Crippen molar-refractivity contribution in [3.63, 3.8) is 0 Å². The largest absolute Gasteiger partial charge is 0.347 e. The smallest absolute Gasteiger partial charge is 0.141 e. The molecule has 0 radical (unpaired) electrons. The molecule has 4 heteroatoms. The second kappa shape index (κ2) is 6.22. The number of hydrogen-bond donors (Lipinski definition) is 1. The number of halogens is 2. The van der Waals surface area contributed by atoms with E-state index in [1.807, 2.05) is 12.3 Å². The Morgan fingerprint density at radius 3 is 2.84 bits per heavy atom. The van der Waals surface area contributed by atoms with Crippen molar-refractivity contribution in [3.8, 4) is 0 Å². The van der Waals surface area contributed by atoms with E-state index in [4.69, 9.17) is 17.3 Å². The first-order chi connectivity index (χ1) is 9.10. The summed E-state index contributed by atoms with van der Waals surface area (Å²) >= 11 is 5.80. The summed E-state index contributed by atoms with van der Waals surface area (Å²) < 4.78 is 15.2. The highest BCUT2D eigenvalue weighted by Gasteiger charge is 2.07. The summed E-state index contributed by atoms with van der Waals surface area (Å²) in [6.07, 6.45) is 3.81. The Bertz CT molecular complexity index is 551. The van der Waals surface area contributed by atoms with Crippen LogP contribution in [0.2, 0.25) is 5.02 Å². The molecule has 0 saturated carbocycles. The molecule has 2 N–H and O–H groups in total. The van der Waals surface area contributed by atoms with E-state index in [0.29, 0.717) is 6.54 Å². The molecule has 0 saturated heterocycles. The normalized spacial score (nSPS) is 12.6. The third kappa shape index (κ3) is 3.58. The van der Waals surface area contributed by atoms with Crippen molar-refractivity contribution in [1.29, 1.82) is 0 Å². The molecule has 0 amide bonds. The average molecular weight is 281 g/mol. The van der Waals surface area contributed by atoms with Gasteiger partial charge in [-0.2, -0.15) is 0 Å². The van der Waals surface area contributed by atoms with Gasteiger partial charge in [0.15, 0.2) is 0 Å². The molecule has 0 aliphatic heterocycles. The summed E-state index contributed by atoms with van der Waals surface area (Å²) in [5, 5.41) is 0.163. The zero-order valence-electron chi connectivity index (χ0n) is 10.9. The second-order valence-electron chi connectivity index (χ2n) is 4.75. The van der Waals surface area contributed by atoms with Gasteiger partial charge in [-0.15, -0.1) is 0 Å². The van der Waals surface area contributed by atoms with E-state index in [-0.39, 0.29) is 16.9 Å². The van der Waals surface area contributed by atoms with Gasteiger partial charge in [0, 0.05) is 30.9 Å². The van der Waals surface area contributed by atoms with Crippen molar-refractivity contribution < 1.29 is 4.39 Å². The molecule has 0 bridgehead atoms. The van der Waals surface area contributed by atoms with Gasteiger partial charge in [0.1, 0.15) is 5.82 Å². The molecule has 0 spiro atoms. The number of nitrogens with zero attached hydrogens (tertiary/aromatic N) is 1. The molecular weight excluding hydrogens is 263 g/mol. The van der Waals surface area contributed by atoms with Crippen molar-refractivity contribution in [1.82, 2.24) is 4.57 Å². The van der Waals surface area contributed by atoms with Crippen molar-refractivity contribution in [2.24, 2.45) is 5.73 Å². The Kier molecular flexibility index (Phi) is 4.61. The van der Waals surface area contributed by atoms with E-state index in [9.17, 15) is 4.39 Å². The minimum absolute atomic E-state index is 0.163. The van der Waals surface area contributed by atoms with Gasteiger partial charge in [0.2, 0.25) is 0 Å². The standard InChI is InChI=1S/C15H18ClFN2/c1-2-12(18)9-13-4-3-7-19(13)10-11-5-6-15(17)14(16)8-11/h3-8,12H,2,9-10,18H2,1H3. The fourth-order valence-electron chi connectivity index (χ4n) is 2.04. The summed E-state index contributed by atoms with van der Waals surface area (Å²) in [7, 11) is 0. The Morgan fingerprint density at radius 1 is 1.37 bits per heavy atom. The zero-order valence-corrected chi connectivity index (χ0v) is 11.7. The Hall–Kier alpha value is -1.32. The van der Waals surface area contributed by atoms with Gasteiger partial charge in [0.25, 0.3) is 0 Å². The molecule has 1 atom stereocenters. The third-order valence-corrected chi connectivity index (χ3v) is 3.55. The fraction of sp³-hybridized carbons (Fsp3) is 0.333. The molecule has 102 valence electrons. The van der Waals surface area contributed by atoms with Crippen LogP contribution in [0.5, 0.6) is 0 Å². The number of benzene rings is 1. The zero-order chi connectivity index (χ0) is 13.8. The van der Waals surface area contributed by atoms with E-state index < -0.39 is 0 Å². The van der Waals surface area contributed by atoms with Crippen LogP contribution in [0.4, 0.5) is 4.39 Å². The highest BCUT2D eigenvalue weighted by atomic mass is 35.5. The molecule has 1 aromatic carbocycles. The maximum atomic E-state index is 13.1. The number of hydrogen-bond acceptors (Lipinski definition) is 1. The first-order valence-corrected chi connectivity index (χ1v) is 6.81. The first kappa shape index (κ1) is 14.1. The highest BCUT2D eigenvalue weighted by molar-refractivity contribution is 6.30. The van der Waals surface area contributed by atoms with E-state index in [1.54, 1.807) is 12.1 Å². The van der Waals surface area contributed by atoms with Gasteiger partial charge in [-0.3, -0.25) is 0 Å². The van der Waals surface area contributed by atoms with Gasteiger partial charge in [-0.25, -0.2) is 4.39 Å². The van der Waals surface area contributed by atoms with E-state index >= 15 is 0 Å². The predicted molar refractivity (Wildman–Crippen MR) is 76.9 cm³/mol. The van der Waals surface area contributed by atoms with Crippen molar-refractivity contribution in [2.75, 3.05) is 0 Å². The molecule has 0 fully saturated rings. The van der Waals surface area contributed by atoms with Gasteiger partial charge in [-0.05, 0) is 36.2 Å². The van der Waals surface area contributed by atoms with E-state index in [0.717, 1.165) is 18.4 Å². The SMILES string of the molecule is CCC(N)Cc1cccn1Cc1ccc(F)c(Cl)c1. The minimum Gasteiger partial charge on any atom is -0.347 e.